The van der Waals surface area contributed by atoms with Crippen LogP contribution in [0.4, 0.5) is 13.2 Å². The van der Waals surface area contributed by atoms with E-state index in [4.69, 9.17) is 11.6 Å². The van der Waals surface area contributed by atoms with Crippen LogP contribution in [0.3, 0.4) is 0 Å². The van der Waals surface area contributed by atoms with Gasteiger partial charge in [0.1, 0.15) is 0 Å². The van der Waals surface area contributed by atoms with Gasteiger partial charge < -0.3 is 10.0 Å². The van der Waals surface area contributed by atoms with Crippen molar-refractivity contribution in [2.75, 3.05) is 18.8 Å². The maximum Gasteiger partial charge on any atom is 0.416 e. The molecule has 0 saturated heterocycles. The summed E-state index contributed by atoms with van der Waals surface area (Å²) in [5.41, 5.74) is 1.72. The molecule has 1 heterocycles. The van der Waals surface area contributed by atoms with Gasteiger partial charge in [0.25, 0.3) is 0 Å². The van der Waals surface area contributed by atoms with Crippen molar-refractivity contribution in [1.29, 1.82) is 0 Å². The van der Waals surface area contributed by atoms with Crippen LogP contribution in [0.15, 0.2) is 48.7 Å². The highest BCUT2D eigenvalue weighted by Crippen LogP contribution is 2.21. The summed E-state index contributed by atoms with van der Waals surface area (Å²) in [5, 5.41) is 9.96. The Morgan fingerprint density at radius 2 is 1.93 bits per heavy atom. The van der Waals surface area contributed by atoms with Crippen molar-refractivity contribution < 1.29 is 23.1 Å². The smallest absolute Gasteiger partial charge is 0.382 e. The van der Waals surface area contributed by atoms with Crippen molar-refractivity contribution in [2.24, 2.45) is 0 Å². The highest BCUT2D eigenvalue weighted by Gasteiger charge is 2.39. The number of thioether (sulfide) groups is 1. The molecule has 2 rings (SSSR count). The first-order chi connectivity index (χ1) is 13.8. The number of rotatable bonds is 10. The molecule has 0 fully saturated rings. The first kappa shape index (κ1) is 23.5. The van der Waals surface area contributed by atoms with Gasteiger partial charge in [0.05, 0.1) is 12.2 Å². The summed E-state index contributed by atoms with van der Waals surface area (Å²) in [6.07, 6.45) is -5.21. The van der Waals surface area contributed by atoms with Crippen molar-refractivity contribution >= 4 is 29.3 Å². The van der Waals surface area contributed by atoms with Crippen molar-refractivity contribution in [3.63, 3.8) is 0 Å². The Morgan fingerprint density at radius 1 is 1.21 bits per heavy atom. The van der Waals surface area contributed by atoms with Gasteiger partial charge in [-0.25, -0.2) is 0 Å². The lowest BCUT2D eigenvalue weighted by molar-refractivity contribution is -0.208. The summed E-state index contributed by atoms with van der Waals surface area (Å²) in [6, 6.07) is 12.4. The lowest BCUT2D eigenvalue weighted by Gasteiger charge is -2.26. The number of carbonyl (C=O) groups excluding carboxylic acids is 1. The number of alkyl halides is 3. The summed E-state index contributed by atoms with van der Waals surface area (Å²) < 4.78 is 38.3. The van der Waals surface area contributed by atoms with Gasteiger partial charge in [-0.05, 0) is 36.2 Å². The molecule has 0 spiro atoms. The van der Waals surface area contributed by atoms with Crippen LogP contribution < -0.4 is 0 Å². The number of aliphatic hydroxyl groups is 1. The maximum atomic E-state index is 12.8. The minimum atomic E-state index is -4.77. The van der Waals surface area contributed by atoms with Crippen molar-refractivity contribution in [3.05, 3.63) is 64.9 Å². The number of pyridine rings is 1. The zero-order chi connectivity index (χ0) is 21.3. The van der Waals surface area contributed by atoms with Gasteiger partial charge in [-0.15, -0.1) is 0 Å². The molecule has 1 aromatic carbocycles. The van der Waals surface area contributed by atoms with Gasteiger partial charge in [0.2, 0.25) is 5.91 Å². The SMILES string of the molecule is O=C(CCSCc1ccccn1)N(CCc1ccc(Cl)cc1)C[C@@H](O)C(F)(F)F. The predicted molar refractivity (Wildman–Crippen MR) is 109 cm³/mol. The summed E-state index contributed by atoms with van der Waals surface area (Å²) >= 11 is 7.31. The number of benzene rings is 1. The molecular formula is C20H22ClF3N2O2S. The van der Waals surface area contributed by atoms with E-state index in [1.165, 1.54) is 11.8 Å². The van der Waals surface area contributed by atoms with E-state index in [9.17, 15) is 23.1 Å². The number of nitrogens with zero attached hydrogens (tertiary/aromatic N) is 2. The van der Waals surface area contributed by atoms with Crippen molar-refractivity contribution in [2.45, 2.75) is 30.9 Å². The first-order valence-electron chi connectivity index (χ1n) is 9.00. The van der Waals surface area contributed by atoms with E-state index in [0.717, 1.165) is 16.2 Å². The van der Waals surface area contributed by atoms with Gasteiger partial charge in [-0.2, -0.15) is 24.9 Å². The third-order valence-corrected chi connectivity index (χ3v) is 5.39. The fraction of sp³-hybridized carbons (Fsp3) is 0.400. The normalized spacial score (nSPS) is 12.6. The summed E-state index contributed by atoms with van der Waals surface area (Å²) in [7, 11) is 0. The Labute approximate surface area is 177 Å². The monoisotopic (exact) mass is 446 g/mol. The van der Waals surface area contributed by atoms with Gasteiger partial charge in [0, 0.05) is 35.7 Å². The average molecular weight is 447 g/mol. The Bertz CT molecular complexity index is 761. The Morgan fingerprint density at radius 3 is 2.55 bits per heavy atom. The van der Waals surface area contributed by atoms with Gasteiger partial charge in [-0.3, -0.25) is 9.78 Å². The molecule has 158 valence electrons. The van der Waals surface area contributed by atoms with E-state index in [-0.39, 0.29) is 13.0 Å². The van der Waals surface area contributed by atoms with Crippen LogP contribution in [0.1, 0.15) is 17.7 Å². The van der Waals surface area contributed by atoms with E-state index in [2.05, 4.69) is 4.98 Å². The molecule has 0 aliphatic carbocycles. The second-order valence-corrected chi connectivity index (χ2v) is 7.94. The Kier molecular flexibility index (Phi) is 9.26. The molecular weight excluding hydrogens is 425 g/mol. The minimum Gasteiger partial charge on any atom is -0.382 e. The Hall–Kier alpha value is -1.77. The molecule has 2 aromatic rings. The summed E-state index contributed by atoms with van der Waals surface area (Å²) in [6.45, 7) is -0.695. The average Bonchev–Trinajstić information content (AvgIpc) is 2.69. The highest BCUT2D eigenvalue weighted by atomic mass is 35.5. The lowest BCUT2D eigenvalue weighted by Crippen LogP contribution is -2.44. The highest BCUT2D eigenvalue weighted by molar-refractivity contribution is 7.98. The molecule has 0 aliphatic rings. The number of aromatic nitrogens is 1. The number of amides is 1. The second kappa shape index (κ2) is 11.4. The molecule has 29 heavy (non-hydrogen) atoms. The third-order valence-electron chi connectivity index (χ3n) is 4.14. The minimum absolute atomic E-state index is 0.0819. The maximum absolute atomic E-state index is 12.8. The van der Waals surface area contributed by atoms with E-state index in [1.54, 1.807) is 30.5 Å². The lowest BCUT2D eigenvalue weighted by atomic mass is 10.1. The van der Waals surface area contributed by atoms with Crippen LogP contribution in [0.5, 0.6) is 0 Å². The number of aliphatic hydroxyl groups excluding tert-OH is 1. The van der Waals surface area contributed by atoms with Crippen LogP contribution >= 0.6 is 23.4 Å². The second-order valence-electron chi connectivity index (χ2n) is 6.40. The number of hydrogen-bond donors (Lipinski definition) is 1. The zero-order valence-corrected chi connectivity index (χ0v) is 17.2. The van der Waals surface area contributed by atoms with E-state index in [1.807, 2.05) is 18.2 Å². The zero-order valence-electron chi connectivity index (χ0n) is 15.6. The third kappa shape index (κ3) is 8.64. The quantitative estimate of drug-likeness (QED) is 0.551. The number of halogens is 4. The topological polar surface area (TPSA) is 53.4 Å². The van der Waals surface area contributed by atoms with Crippen LogP contribution in [0.2, 0.25) is 5.02 Å². The van der Waals surface area contributed by atoms with Crippen LogP contribution in [0, 0.1) is 0 Å². The van der Waals surface area contributed by atoms with E-state index >= 15 is 0 Å². The standard InChI is InChI=1S/C20H22ClF3N2O2S/c21-16-6-4-15(5-7-16)8-11-26(13-18(27)20(22,23)24)19(28)9-12-29-14-17-3-1-2-10-25-17/h1-7,10,18,27H,8-9,11-14H2/t18-/m1/s1. The fourth-order valence-corrected chi connectivity index (χ4v) is 3.49. The van der Waals surface area contributed by atoms with Crippen molar-refractivity contribution in [3.8, 4) is 0 Å². The summed E-state index contributed by atoms with van der Waals surface area (Å²) in [4.78, 5) is 17.7. The number of hydrogen-bond acceptors (Lipinski definition) is 4. The molecule has 1 amide bonds. The van der Waals surface area contributed by atoms with Crippen LogP contribution in [-0.4, -0.2) is 52.0 Å². The molecule has 1 aromatic heterocycles. The van der Waals surface area contributed by atoms with E-state index in [0.29, 0.717) is 22.9 Å². The van der Waals surface area contributed by atoms with Gasteiger partial charge in [0.15, 0.2) is 6.10 Å². The first-order valence-corrected chi connectivity index (χ1v) is 10.5. The van der Waals surface area contributed by atoms with Gasteiger partial charge in [-0.1, -0.05) is 29.8 Å². The van der Waals surface area contributed by atoms with Gasteiger partial charge >= 0.3 is 6.18 Å². The van der Waals surface area contributed by atoms with Crippen molar-refractivity contribution in [1.82, 2.24) is 9.88 Å². The molecule has 4 nitrogen and oxygen atoms in total. The molecule has 0 radical (unpaired) electrons. The molecule has 0 bridgehead atoms. The largest absolute Gasteiger partial charge is 0.416 e. The fourth-order valence-electron chi connectivity index (χ4n) is 2.52. The molecule has 1 N–H and O–H groups in total. The van der Waals surface area contributed by atoms with Crippen LogP contribution in [-0.2, 0) is 17.0 Å². The molecule has 0 aliphatic heterocycles. The molecule has 0 saturated carbocycles. The molecule has 9 heteroatoms. The van der Waals surface area contributed by atoms with E-state index < -0.39 is 24.7 Å². The van der Waals surface area contributed by atoms with Crippen LogP contribution in [0.25, 0.3) is 0 Å². The molecule has 1 atom stereocenters. The summed E-state index contributed by atoms with van der Waals surface area (Å²) in [5.74, 6) is 0.648. The molecule has 0 unspecified atom stereocenters. The Balaban J connectivity index is 1.89. The predicted octanol–water partition coefficient (Wildman–Crippen LogP) is 4.35. The number of carbonyl (C=O) groups is 1.